The maximum atomic E-state index is 12.6. The zero-order valence-corrected chi connectivity index (χ0v) is 15.8. The molecule has 3 heterocycles. The van der Waals surface area contributed by atoms with Gasteiger partial charge in [-0.05, 0) is 43.2 Å². The average Bonchev–Trinajstić information content (AvgIpc) is 3.26. The van der Waals surface area contributed by atoms with E-state index in [0.29, 0.717) is 22.7 Å². The summed E-state index contributed by atoms with van der Waals surface area (Å²) in [5.74, 6) is -0.00543. The highest BCUT2D eigenvalue weighted by Crippen LogP contribution is 2.29. The van der Waals surface area contributed by atoms with Gasteiger partial charge in [-0.2, -0.15) is 0 Å². The molecule has 144 valence electrons. The number of furan rings is 1. The Morgan fingerprint density at radius 3 is 2.79 bits per heavy atom. The molecular formula is C22H17N3O4. The lowest BCUT2D eigenvalue weighted by Gasteiger charge is -2.08. The maximum absolute atomic E-state index is 12.6. The summed E-state index contributed by atoms with van der Waals surface area (Å²) < 4.78 is 11.0. The van der Waals surface area contributed by atoms with Gasteiger partial charge in [0.25, 0.3) is 0 Å². The van der Waals surface area contributed by atoms with Crippen LogP contribution in [0.25, 0.3) is 33.0 Å². The number of carbonyl (C=O) groups is 1. The molecule has 0 aliphatic carbocycles. The monoisotopic (exact) mass is 387 g/mol. The van der Waals surface area contributed by atoms with Gasteiger partial charge in [0.2, 0.25) is 11.9 Å². The molecule has 0 fully saturated rings. The molecule has 5 rings (SSSR count). The van der Waals surface area contributed by atoms with Gasteiger partial charge in [-0.1, -0.05) is 12.1 Å². The number of anilines is 1. The summed E-state index contributed by atoms with van der Waals surface area (Å²) in [6.07, 6.45) is 1.56. The van der Waals surface area contributed by atoms with E-state index in [2.05, 4.69) is 15.3 Å². The van der Waals surface area contributed by atoms with Gasteiger partial charge in [0.05, 0.1) is 29.3 Å². The molecule has 2 aromatic carbocycles. The number of fused-ring (bicyclic) bond motifs is 3. The number of H-pyrrole nitrogens is 1. The summed E-state index contributed by atoms with van der Waals surface area (Å²) in [5, 5.41) is 4.45. The van der Waals surface area contributed by atoms with E-state index in [4.69, 9.17) is 8.83 Å². The highest BCUT2D eigenvalue weighted by Gasteiger charge is 2.17. The molecule has 0 atom stereocenters. The maximum Gasteiger partial charge on any atom is 0.340 e. The second kappa shape index (κ2) is 6.34. The molecule has 0 aliphatic heterocycles. The van der Waals surface area contributed by atoms with E-state index in [1.807, 2.05) is 44.2 Å². The number of imidazole rings is 1. The lowest BCUT2D eigenvalue weighted by Crippen LogP contribution is -2.21. The lowest BCUT2D eigenvalue weighted by molar-refractivity contribution is -0.115. The number of rotatable bonds is 3. The minimum Gasteiger partial charge on any atom is -0.464 e. The molecule has 3 aromatic heterocycles. The quantitative estimate of drug-likeness (QED) is 0.452. The molecule has 5 aromatic rings. The fraction of sp³-hybridized carbons (Fsp3) is 0.136. The number of hydrogen-bond donors (Lipinski definition) is 2. The Bertz CT molecular complexity index is 1440. The van der Waals surface area contributed by atoms with E-state index < -0.39 is 5.63 Å². The number of para-hydroxylation sites is 2. The third-order valence-corrected chi connectivity index (χ3v) is 5.16. The van der Waals surface area contributed by atoms with Crippen molar-refractivity contribution in [2.75, 3.05) is 5.32 Å². The van der Waals surface area contributed by atoms with Crippen molar-refractivity contribution >= 4 is 44.8 Å². The number of benzene rings is 2. The van der Waals surface area contributed by atoms with E-state index in [-0.39, 0.29) is 12.3 Å². The second-order valence-electron chi connectivity index (χ2n) is 7.08. The minimum atomic E-state index is -0.530. The highest BCUT2D eigenvalue weighted by molar-refractivity contribution is 5.97. The van der Waals surface area contributed by atoms with Gasteiger partial charge >= 0.3 is 5.63 Å². The topological polar surface area (TPSA) is 101 Å². The van der Waals surface area contributed by atoms with Gasteiger partial charge in [0.1, 0.15) is 11.2 Å². The minimum absolute atomic E-state index is 0.108. The van der Waals surface area contributed by atoms with Gasteiger partial charge in [-0.15, -0.1) is 0 Å². The van der Waals surface area contributed by atoms with Crippen LogP contribution in [0.1, 0.15) is 16.7 Å². The summed E-state index contributed by atoms with van der Waals surface area (Å²) in [5.41, 5.74) is 4.19. The number of hydrogen-bond acceptors (Lipinski definition) is 5. The second-order valence-corrected chi connectivity index (χ2v) is 7.08. The summed E-state index contributed by atoms with van der Waals surface area (Å²) in [6, 6.07) is 11.1. The van der Waals surface area contributed by atoms with Crippen LogP contribution < -0.4 is 10.9 Å². The van der Waals surface area contributed by atoms with Crippen LogP contribution in [0.15, 0.2) is 56.3 Å². The molecule has 0 unspecified atom stereocenters. The molecule has 7 nitrogen and oxygen atoms in total. The molecule has 0 saturated heterocycles. The Labute approximate surface area is 164 Å². The Morgan fingerprint density at radius 2 is 1.97 bits per heavy atom. The van der Waals surface area contributed by atoms with Gasteiger partial charge in [0.15, 0.2) is 0 Å². The Morgan fingerprint density at radius 1 is 1.14 bits per heavy atom. The third kappa shape index (κ3) is 2.87. The van der Waals surface area contributed by atoms with Crippen molar-refractivity contribution in [2.24, 2.45) is 0 Å². The SMILES string of the molecule is Cc1coc2cc3oc(=O)c(CC(=O)Nc4nc5ccccc5[nH]4)c(C)c3cc12. The highest BCUT2D eigenvalue weighted by atomic mass is 16.4. The van der Waals surface area contributed by atoms with Crippen molar-refractivity contribution in [2.45, 2.75) is 20.3 Å². The Balaban J connectivity index is 1.50. The van der Waals surface area contributed by atoms with Crippen molar-refractivity contribution in [1.29, 1.82) is 0 Å². The van der Waals surface area contributed by atoms with Crippen LogP contribution in [0, 0.1) is 13.8 Å². The van der Waals surface area contributed by atoms with E-state index in [1.165, 1.54) is 0 Å². The summed E-state index contributed by atoms with van der Waals surface area (Å²) in [6.45, 7) is 3.78. The number of carbonyl (C=O) groups excluding carboxylic acids is 1. The third-order valence-electron chi connectivity index (χ3n) is 5.16. The number of aromatic amines is 1. The molecule has 0 spiro atoms. The molecule has 1 amide bonds. The molecule has 7 heteroatoms. The predicted octanol–water partition coefficient (Wildman–Crippen LogP) is 4.21. The van der Waals surface area contributed by atoms with Crippen molar-refractivity contribution in [3.63, 3.8) is 0 Å². The number of aryl methyl sites for hydroxylation is 2. The van der Waals surface area contributed by atoms with Gasteiger partial charge in [-0.25, -0.2) is 9.78 Å². The fourth-order valence-corrected chi connectivity index (χ4v) is 3.59. The molecule has 0 bridgehead atoms. The van der Waals surface area contributed by atoms with Gasteiger partial charge in [0, 0.05) is 16.8 Å². The van der Waals surface area contributed by atoms with Crippen molar-refractivity contribution < 1.29 is 13.6 Å². The molecule has 0 radical (unpaired) electrons. The van der Waals surface area contributed by atoms with Gasteiger partial charge in [-0.3, -0.25) is 10.1 Å². The van der Waals surface area contributed by atoms with Crippen LogP contribution in [0.4, 0.5) is 5.95 Å². The smallest absolute Gasteiger partial charge is 0.340 e. The normalized spacial score (nSPS) is 11.5. The first-order valence-corrected chi connectivity index (χ1v) is 9.18. The van der Waals surface area contributed by atoms with E-state index in [9.17, 15) is 9.59 Å². The average molecular weight is 387 g/mol. The lowest BCUT2D eigenvalue weighted by atomic mass is 10.0. The van der Waals surface area contributed by atoms with Crippen molar-refractivity contribution in [1.82, 2.24) is 9.97 Å². The Kier molecular flexibility index (Phi) is 3.77. The molecule has 0 saturated carbocycles. The van der Waals surface area contributed by atoms with Crippen LogP contribution in [0.3, 0.4) is 0 Å². The van der Waals surface area contributed by atoms with Crippen molar-refractivity contribution in [3.8, 4) is 0 Å². The standard InChI is InChI=1S/C22H17N3O4/c1-11-10-28-18-9-19-14(7-13(11)18)12(2)15(21(27)29-19)8-20(26)25-22-23-16-5-3-4-6-17(16)24-22/h3-7,9-10H,8H2,1-2H3,(H2,23,24,25,26). The van der Waals surface area contributed by atoms with Crippen LogP contribution in [-0.2, 0) is 11.2 Å². The zero-order valence-electron chi connectivity index (χ0n) is 15.8. The van der Waals surface area contributed by atoms with Crippen molar-refractivity contribution in [3.05, 3.63) is 69.8 Å². The summed E-state index contributed by atoms with van der Waals surface area (Å²) >= 11 is 0. The van der Waals surface area contributed by atoms with Gasteiger partial charge < -0.3 is 13.8 Å². The molecular weight excluding hydrogens is 370 g/mol. The molecule has 2 N–H and O–H groups in total. The van der Waals surface area contributed by atoms with E-state index in [0.717, 1.165) is 32.9 Å². The first kappa shape index (κ1) is 17.2. The predicted molar refractivity (Wildman–Crippen MR) is 110 cm³/mol. The van der Waals surface area contributed by atoms with Crippen LogP contribution in [0.5, 0.6) is 0 Å². The largest absolute Gasteiger partial charge is 0.464 e. The zero-order chi connectivity index (χ0) is 20.1. The summed E-state index contributed by atoms with van der Waals surface area (Å²) in [4.78, 5) is 32.4. The van der Waals surface area contributed by atoms with Crippen LogP contribution >= 0.6 is 0 Å². The number of aromatic nitrogens is 2. The fourth-order valence-electron chi connectivity index (χ4n) is 3.59. The van der Waals surface area contributed by atoms with Crippen LogP contribution in [-0.4, -0.2) is 15.9 Å². The first-order chi connectivity index (χ1) is 14.0. The van der Waals surface area contributed by atoms with E-state index >= 15 is 0 Å². The molecule has 0 aliphatic rings. The van der Waals surface area contributed by atoms with Crippen LogP contribution in [0.2, 0.25) is 0 Å². The summed E-state index contributed by atoms with van der Waals surface area (Å²) in [7, 11) is 0. The number of amides is 1. The molecule has 29 heavy (non-hydrogen) atoms. The first-order valence-electron chi connectivity index (χ1n) is 9.18. The number of nitrogens with zero attached hydrogens (tertiary/aromatic N) is 1. The van der Waals surface area contributed by atoms with E-state index in [1.54, 1.807) is 12.3 Å². The Hall–Kier alpha value is -3.87. The number of nitrogens with one attached hydrogen (secondary N) is 2.